The number of carbonyl (C=O) groups excluding carboxylic acids is 1. The van der Waals surface area contributed by atoms with Crippen LogP contribution in [0, 0.1) is 5.41 Å². The fourth-order valence-corrected chi connectivity index (χ4v) is 3.19. The van der Waals surface area contributed by atoms with E-state index in [2.05, 4.69) is 36.5 Å². The van der Waals surface area contributed by atoms with E-state index in [-0.39, 0.29) is 5.41 Å². The lowest BCUT2D eigenvalue weighted by Gasteiger charge is -2.30. The van der Waals surface area contributed by atoms with Crippen molar-refractivity contribution in [1.82, 2.24) is 10.2 Å². The molecule has 3 nitrogen and oxygen atoms in total. The van der Waals surface area contributed by atoms with E-state index >= 15 is 0 Å². The molecule has 2 heterocycles. The van der Waals surface area contributed by atoms with Gasteiger partial charge in [-0.05, 0) is 30.5 Å². The highest BCUT2D eigenvalue weighted by atomic mass is 16.2. The highest BCUT2D eigenvalue weighted by molar-refractivity contribution is 5.84. The van der Waals surface area contributed by atoms with Gasteiger partial charge < -0.3 is 10.2 Å². The summed E-state index contributed by atoms with van der Waals surface area (Å²) in [6.07, 6.45) is 1.92. The fraction of sp³-hybridized carbons (Fsp3) is 0.533. The van der Waals surface area contributed by atoms with E-state index in [4.69, 9.17) is 0 Å². The molecule has 0 radical (unpaired) electrons. The van der Waals surface area contributed by atoms with E-state index in [1.54, 1.807) is 0 Å². The van der Waals surface area contributed by atoms with Crippen LogP contribution in [0.2, 0.25) is 0 Å². The lowest BCUT2D eigenvalue weighted by molar-refractivity contribution is -0.142. The number of hydrogen-bond donors (Lipinski definition) is 1. The first-order chi connectivity index (χ1) is 8.75. The number of nitrogens with one attached hydrogen (secondary N) is 1. The summed E-state index contributed by atoms with van der Waals surface area (Å²) in [5, 5.41) is 3.34. The molecule has 96 valence electrons. The highest BCUT2D eigenvalue weighted by Gasteiger charge is 2.43. The molecular formula is C15H20N2O. The Labute approximate surface area is 108 Å². The van der Waals surface area contributed by atoms with Crippen LogP contribution in [-0.2, 0) is 17.9 Å². The first-order valence-corrected chi connectivity index (χ1v) is 6.82. The number of carbonyl (C=O) groups is 1. The van der Waals surface area contributed by atoms with Gasteiger partial charge in [0.25, 0.3) is 0 Å². The van der Waals surface area contributed by atoms with Crippen molar-refractivity contribution in [2.24, 2.45) is 5.41 Å². The molecular weight excluding hydrogens is 224 g/mol. The van der Waals surface area contributed by atoms with Gasteiger partial charge in [0.15, 0.2) is 0 Å². The summed E-state index contributed by atoms with van der Waals surface area (Å²) in [4.78, 5) is 14.8. The molecule has 1 unspecified atom stereocenters. The van der Waals surface area contributed by atoms with Crippen LogP contribution in [0.25, 0.3) is 0 Å². The van der Waals surface area contributed by atoms with Crippen molar-refractivity contribution in [3.05, 3.63) is 35.4 Å². The van der Waals surface area contributed by atoms with Crippen molar-refractivity contribution in [2.75, 3.05) is 13.1 Å². The van der Waals surface area contributed by atoms with Crippen LogP contribution in [0.15, 0.2) is 24.3 Å². The Morgan fingerprint density at radius 2 is 2.00 bits per heavy atom. The van der Waals surface area contributed by atoms with Gasteiger partial charge in [0, 0.05) is 19.6 Å². The number of rotatable bonds is 2. The minimum atomic E-state index is -0.151. The molecule has 0 aliphatic carbocycles. The van der Waals surface area contributed by atoms with Crippen LogP contribution in [0.1, 0.15) is 30.9 Å². The summed E-state index contributed by atoms with van der Waals surface area (Å²) in [5.74, 6) is 0.339. The van der Waals surface area contributed by atoms with Crippen LogP contribution in [0.4, 0.5) is 0 Å². The zero-order valence-electron chi connectivity index (χ0n) is 10.9. The summed E-state index contributed by atoms with van der Waals surface area (Å²) in [7, 11) is 0. The Hall–Kier alpha value is -1.35. The van der Waals surface area contributed by atoms with Gasteiger partial charge in [0.1, 0.15) is 0 Å². The molecule has 0 spiro atoms. The van der Waals surface area contributed by atoms with Crippen molar-refractivity contribution < 1.29 is 4.79 Å². The number of hydrogen-bond acceptors (Lipinski definition) is 2. The third-order valence-corrected chi connectivity index (χ3v) is 4.50. The number of nitrogens with zero attached hydrogens (tertiary/aromatic N) is 1. The molecule has 1 amide bonds. The Morgan fingerprint density at radius 3 is 2.50 bits per heavy atom. The second-order valence-electron chi connectivity index (χ2n) is 5.49. The first kappa shape index (κ1) is 11.7. The average molecular weight is 244 g/mol. The molecule has 1 atom stereocenters. The monoisotopic (exact) mass is 244 g/mol. The SMILES string of the molecule is CCC1(C(=O)N2Cc3ccccc3C2)CCNC1. The second kappa shape index (κ2) is 4.39. The van der Waals surface area contributed by atoms with Crippen LogP contribution in [-0.4, -0.2) is 23.9 Å². The highest BCUT2D eigenvalue weighted by Crippen LogP contribution is 2.35. The maximum absolute atomic E-state index is 12.8. The lowest BCUT2D eigenvalue weighted by Crippen LogP contribution is -2.42. The Bertz CT molecular complexity index is 438. The molecule has 2 aliphatic rings. The van der Waals surface area contributed by atoms with Gasteiger partial charge in [0.2, 0.25) is 5.91 Å². The Kier molecular flexibility index (Phi) is 2.86. The Morgan fingerprint density at radius 1 is 1.33 bits per heavy atom. The fourth-order valence-electron chi connectivity index (χ4n) is 3.19. The normalized spacial score (nSPS) is 26.4. The van der Waals surface area contributed by atoms with Crippen molar-refractivity contribution in [3.8, 4) is 0 Å². The van der Waals surface area contributed by atoms with Crippen LogP contribution in [0.3, 0.4) is 0 Å². The standard InChI is InChI=1S/C15H20N2O/c1-2-15(7-8-16-11-15)14(18)17-9-12-5-3-4-6-13(12)10-17/h3-6,16H,2,7-11H2,1H3. The lowest BCUT2D eigenvalue weighted by atomic mass is 9.83. The second-order valence-corrected chi connectivity index (χ2v) is 5.49. The third kappa shape index (κ3) is 1.74. The van der Waals surface area contributed by atoms with Gasteiger partial charge in [-0.3, -0.25) is 4.79 Å². The van der Waals surface area contributed by atoms with Gasteiger partial charge in [-0.15, -0.1) is 0 Å². The van der Waals surface area contributed by atoms with Crippen LogP contribution >= 0.6 is 0 Å². The number of benzene rings is 1. The van der Waals surface area contributed by atoms with Crippen LogP contribution in [0.5, 0.6) is 0 Å². The summed E-state index contributed by atoms with van der Waals surface area (Å²) < 4.78 is 0. The summed E-state index contributed by atoms with van der Waals surface area (Å²) in [6.45, 7) is 5.52. The molecule has 3 heteroatoms. The minimum Gasteiger partial charge on any atom is -0.333 e. The van der Waals surface area contributed by atoms with E-state index < -0.39 is 0 Å². The van der Waals surface area contributed by atoms with Gasteiger partial charge in [-0.1, -0.05) is 31.2 Å². The van der Waals surface area contributed by atoms with Crippen LogP contribution < -0.4 is 5.32 Å². The molecule has 18 heavy (non-hydrogen) atoms. The van der Waals surface area contributed by atoms with E-state index in [9.17, 15) is 4.79 Å². The van der Waals surface area contributed by atoms with Gasteiger partial charge in [0.05, 0.1) is 5.41 Å². The van der Waals surface area contributed by atoms with E-state index in [0.29, 0.717) is 5.91 Å². The van der Waals surface area contributed by atoms with Crippen molar-refractivity contribution in [1.29, 1.82) is 0 Å². The molecule has 1 N–H and O–H groups in total. The molecule has 1 fully saturated rings. The molecule has 0 aromatic heterocycles. The summed E-state index contributed by atoms with van der Waals surface area (Å²) in [6, 6.07) is 8.38. The zero-order valence-corrected chi connectivity index (χ0v) is 10.9. The van der Waals surface area contributed by atoms with Gasteiger partial charge in [-0.2, -0.15) is 0 Å². The Balaban J connectivity index is 1.80. The summed E-state index contributed by atoms with van der Waals surface area (Å²) >= 11 is 0. The topological polar surface area (TPSA) is 32.3 Å². The predicted octanol–water partition coefficient (Wildman–Crippen LogP) is 1.92. The molecule has 0 bridgehead atoms. The predicted molar refractivity (Wildman–Crippen MR) is 70.9 cm³/mol. The maximum atomic E-state index is 12.8. The molecule has 1 saturated heterocycles. The summed E-state index contributed by atoms with van der Waals surface area (Å²) in [5.41, 5.74) is 2.47. The molecule has 1 aromatic carbocycles. The average Bonchev–Trinajstić information content (AvgIpc) is 3.05. The largest absolute Gasteiger partial charge is 0.333 e. The van der Waals surface area contributed by atoms with Crippen molar-refractivity contribution >= 4 is 5.91 Å². The zero-order chi connectivity index (χ0) is 12.6. The molecule has 1 aromatic rings. The molecule has 2 aliphatic heterocycles. The van der Waals surface area contributed by atoms with Gasteiger partial charge >= 0.3 is 0 Å². The smallest absolute Gasteiger partial charge is 0.230 e. The number of amides is 1. The quantitative estimate of drug-likeness (QED) is 0.862. The van der Waals surface area contributed by atoms with Gasteiger partial charge in [-0.25, -0.2) is 0 Å². The van der Waals surface area contributed by atoms with E-state index in [0.717, 1.165) is 39.0 Å². The minimum absolute atomic E-state index is 0.151. The maximum Gasteiger partial charge on any atom is 0.230 e. The van der Waals surface area contributed by atoms with Crippen molar-refractivity contribution in [2.45, 2.75) is 32.9 Å². The molecule has 0 saturated carbocycles. The molecule has 3 rings (SSSR count). The first-order valence-electron chi connectivity index (χ1n) is 6.82. The third-order valence-electron chi connectivity index (χ3n) is 4.50. The van der Waals surface area contributed by atoms with E-state index in [1.807, 2.05) is 4.90 Å². The van der Waals surface area contributed by atoms with Crippen molar-refractivity contribution in [3.63, 3.8) is 0 Å². The van der Waals surface area contributed by atoms with E-state index in [1.165, 1.54) is 11.1 Å². The number of fused-ring (bicyclic) bond motifs is 1.